The van der Waals surface area contributed by atoms with Gasteiger partial charge < -0.3 is 79.1 Å². The second kappa shape index (κ2) is 10.6. The summed E-state index contributed by atoms with van der Waals surface area (Å²) in [7, 11) is 1.08. The first-order valence-corrected chi connectivity index (χ1v) is 12.6. The first kappa shape index (κ1) is 29.9. The number of esters is 1. The largest absolute Gasteiger partial charge is 0.471 e. The number of rotatable bonds is 7. The maximum Gasteiger partial charge on any atom is 0.339 e. The normalized spacial score (nSPS) is 53.6. The van der Waals surface area contributed by atoms with Crippen LogP contribution in [0.1, 0.15) is 6.92 Å². The summed E-state index contributed by atoms with van der Waals surface area (Å²) in [6.45, 7) is 0.255. The molecule has 228 valence electrons. The first-order chi connectivity index (χ1) is 18.8. The van der Waals surface area contributed by atoms with Crippen LogP contribution in [-0.4, -0.2) is 163 Å². The summed E-state index contributed by atoms with van der Waals surface area (Å²) in [5.41, 5.74) is -3.82. The van der Waals surface area contributed by atoms with Crippen molar-refractivity contribution < 1.29 is 83.9 Å². The van der Waals surface area contributed by atoms with Crippen molar-refractivity contribution in [1.82, 2.24) is 0 Å². The monoisotopic (exact) mass is 582 g/mol. The molecule has 4 aliphatic heterocycles. The van der Waals surface area contributed by atoms with Crippen molar-refractivity contribution in [2.45, 2.75) is 98.0 Å². The Labute approximate surface area is 226 Å². The van der Waals surface area contributed by atoms with Crippen molar-refractivity contribution in [3.05, 3.63) is 11.8 Å². The molecule has 0 unspecified atom stereocenters. The Balaban J connectivity index is 1.31. The van der Waals surface area contributed by atoms with E-state index in [0.717, 1.165) is 13.4 Å². The quantitative estimate of drug-likeness (QED) is 0.0998. The molecule has 1 aliphatic carbocycles. The number of hydrogen-bond donors (Lipinski definition) is 9. The number of carbonyl (C=O) groups excluding carboxylic acids is 1. The molecule has 0 amide bonds. The van der Waals surface area contributed by atoms with Crippen LogP contribution in [0.15, 0.2) is 11.8 Å². The highest BCUT2D eigenvalue weighted by Crippen LogP contribution is 2.63. The topological polar surface area (TPSA) is 267 Å². The van der Waals surface area contributed by atoms with Gasteiger partial charge in [0.1, 0.15) is 84.1 Å². The average Bonchev–Trinajstić information content (AvgIpc) is 3.58. The van der Waals surface area contributed by atoms with E-state index in [2.05, 4.69) is 0 Å². The molecular formula is C23H34O17. The Hall–Kier alpha value is -1.55. The van der Waals surface area contributed by atoms with Crippen LogP contribution in [0.4, 0.5) is 0 Å². The van der Waals surface area contributed by atoms with E-state index >= 15 is 0 Å². The molecule has 5 rings (SSSR count). The summed E-state index contributed by atoms with van der Waals surface area (Å²) in [5, 5.41) is 93.1. The van der Waals surface area contributed by atoms with Crippen LogP contribution >= 0.6 is 0 Å². The predicted molar refractivity (Wildman–Crippen MR) is 120 cm³/mol. The first-order valence-electron chi connectivity index (χ1n) is 12.6. The lowest BCUT2D eigenvalue weighted by Crippen LogP contribution is -2.63. The van der Waals surface area contributed by atoms with E-state index in [1.807, 2.05) is 0 Å². The maximum absolute atomic E-state index is 12.3. The number of hydrogen-bond acceptors (Lipinski definition) is 17. The van der Waals surface area contributed by atoms with E-state index in [0.29, 0.717) is 0 Å². The van der Waals surface area contributed by atoms with Crippen LogP contribution in [-0.2, 0) is 38.0 Å². The van der Waals surface area contributed by atoms with Crippen LogP contribution in [0.5, 0.6) is 0 Å². The third-order valence-electron chi connectivity index (χ3n) is 8.36. The molecule has 17 nitrogen and oxygen atoms in total. The van der Waals surface area contributed by atoms with Gasteiger partial charge in [0, 0.05) is 0 Å². The standard InChI is InChI=1S/C23H34O17/c1-22-15-21(35-4-6(18(32)34-2)23(15,33)16(31)17(22)40-22)39-20-14(30)12(28)10(26)8(38-20)5-36-19-13(29)11(27)9(25)7(3-24)37-19/h4,7-17,19-21,24-31,33H,3,5H2,1-2H3/t7-,8-,9+,10-,11+,12+,13-,14-,15-,16-,17+,19+,20+,21+,22-,23+/m1/s1. The summed E-state index contributed by atoms with van der Waals surface area (Å²) in [6.07, 6.45) is -19.6. The molecule has 0 bridgehead atoms. The van der Waals surface area contributed by atoms with E-state index in [1.54, 1.807) is 6.92 Å². The summed E-state index contributed by atoms with van der Waals surface area (Å²) in [6, 6.07) is 0. The van der Waals surface area contributed by atoms with Crippen molar-refractivity contribution in [1.29, 1.82) is 0 Å². The zero-order valence-corrected chi connectivity index (χ0v) is 21.4. The van der Waals surface area contributed by atoms with Gasteiger partial charge in [0.25, 0.3) is 0 Å². The van der Waals surface area contributed by atoms with E-state index in [-0.39, 0.29) is 5.57 Å². The van der Waals surface area contributed by atoms with Crippen LogP contribution in [0.25, 0.3) is 0 Å². The minimum atomic E-state index is -2.23. The highest BCUT2D eigenvalue weighted by molar-refractivity contribution is 5.91. The predicted octanol–water partition coefficient (Wildman–Crippen LogP) is -6.08. The fourth-order valence-corrected chi connectivity index (χ4v) is 5.96. The maximum atomic E-state index is 12.3. The fraction of sp³-hybridized carbons (Fsp3) is 0.870. The van der Waals surface area contributed by atoms with Gasteiger partial charge in [0.2, 0.25) is 6.29 Å². The SMILES string of the molecule is COC(=O)C1=CO[C@@H](O[C@@H]2O[C@H](CO[C@H]3O[C@H](CO)[C@H](O)[C@H](O)[C@H]3O)[C@@H](O)[C@H](O)[C@H]2O)[C@@H]2[C@@]3(C)O[C@H]3[C@@H](O)[C@]12O. The number of carbonyl (C=O) groups is 1. The van der Waals surface area contributed by atoms with E-state index in [9.17, 15) is 50.8 Å². The fourth-order valence-electron chi connectivity index (χ4n) is 5.96. The molecule has 0 spiro atoms. The van der Waals surface area contributed by atoms with Crippen molar-refractivity contribution in [2.24, 2.45) is 5.92 Å². The van der Waals surface area contributed by atoms with Gasteiger partial charge in [-0.05, 0) is 6.92 Å². The van der Waals surface area contributed by atoms with Gasteiger partial charge in [-0.15, -0.1) is 0 Å². The second-order valence-electron chi connectivity index (χ2n) is 10.7. The number of aliphatic hydroxyl groups is 9. The molecule has 4 fully saturated rings. The van der Waals surface area contributed by atoms with Crippen LogP contribution < -0.4 is 0 Å². The summed E-state index contributed by atoms with van der Waals surface area (Å²) < 4.78 is 37.8. The Morgan fingerprint density at radius 2 is 1.50 bits per heavy atom. The molecule has 0 radical (unpaired) electrons. The number of methoxy groups -OCH3 is 1. The minimum Gasteiger partial charge on any atom is -0.471 e. The third-order valence-corrected chi connectivity index (χ3v) is 8.36. The lowest BCUT2D eigenvalue weighted by Gasteiger charge is -2.46. The van der Waals surface area contributed by atoms with Crippen LogP contribution in [0.3, 0.4) is 0 Å². The van der Waals surface area contributed by atoms with Gasteiger partial charge in [-0.25, -0.2) is 4.79 Å². The Morgan fingerprint density at radius 3 is 2.12 bits per heavy atom. The molecule has 17 heteroatoms. The van der Waals surface area contributed by atoms with Gasteiger partial charge in [-0.1, -0.05) is 0 Å². The zero-order chi connectivity index (χ0) is 29.3. The van der Waals surface area contributed by atoms with Crippen molar-refractivity contribution in [3.63, 3.8) is 0 Å². The Kier molecular flexibility index (Phi) is 7.94. The van der Waals surface area contributed by atoms with Gasteiger partial charge in [-0.2, -0.15) is 0 Å². The molecule has 0 aromatic heterocycles. The summed E-state index contributed by atoms with van der Waals surface area (Å²) >= 11 is 0. The molecule has 40 heavy (non-hydrogen) atoms. The van der Waals surface area contributed by atoms with E-state index < -0.39 is 116 Å². The number of fused-ring (bicyclic) bond motifs is 3. The molecule has 0 aromatic carbocycles. The lowest BCUT2D eigenvalue weighted by molar-refractivity contribution is -0.360. The number of ether oxygens (including phenoxy) is 7. The molecule has 9 N–H and O–H groups in total. The number of epoxide rings is 1. The average molecular weight is 583 g/mol. The molecular weight excluding hydrogens is 548 g/mol. The van der Waals surface area contributed by atoms with Crippen LogP contribution in [0, 0.1) is 5.92 Å². The highest BCUT2D eigenvalue weighted by Gasteiger charge is 2.81. The summed E-state index contributed by atoms with van der Waals surface area (Å²) in [5.74, 6) is -2.20. The zero-order valence-electron chi connectivity index (χ0n) is 21.4. The molecule has 16 atom stereocenters. The van der Waals surface area contributed by atoms with Crippen molar-refractivity contribution in [2.75, 3.05) is 20.3 Å². The smallest absolute Gasteiger partial charge is 0.339 e. The highest BCUT2D eigenvalue weighted by atomic mass is 16.8. The van der Waals surface area contributed by atoms with Crippen LogP contribution in [0.2, 0.25) is 0 Å². The third kappa shape index (κ3) is 4.45. The molecule has 5 aliphatic rings. The molecule has 3 saturated heterocycles. The Morgan fingerprint density at radius 1 is 0.900 bits per heavy atom. The molecule has 1 saturated carbocycles. The van der Waals surface area contributed by atoms with Crippen molar-refractivity contribution >= 4 is 5.97 Å². The van der Waals surface area contributed by atoms with Crippen molar-refractivity contribution in [3.8, 4) is 0 Å². The Bertz CT molecular complexity index is 992. The van der Waals surface area contributed by atoms with Gasteiger partial charge in [-0.3, -0.25) is 0 Å². The van der Waals surface area contributed by atoms with E-state index in [4.69, 9.17) is 33.2 Å². The molecule has 0 aromatic rings. The van der Waals surface area contributed by atoms with Gasteiger partial charge in [0.05, 0.1) is 26.2 Å². The second-order valence-corrected chi connectivity index (χ2v) is 10.7. The van der Waals surface area contributed by atoms with E-state index in [1.165, 1.54) is 0 Å². The summed E-state index contributed by atoms with van der Waals surface area (Å²) in [4.78, 5) is 12.3. The number of aliphatic hydroxyl groups excluding tert-OH is 8. The minimum absolute atomic E-state index is 0.379. The van der Waals surface area contributed by atoms with Gasteiger partial charge >= 0.3 is 5.97 Å². The van der Waals surface area contributed by atoms with Gasteiger partial charge in [0.15, 0.2) is 12.6 Å². The lowest BCUT2D eigenvalue weighted by atomic mass is 9.77. The molecule has 4 heterocycles.